The number of halogens is 1. The molecule has 0 bridgehead atoms. The van der Waals surface area contributed by atoms with Crippen LogP contribution < -0.4 is 5.32 Å². The largest absolute Gasteiger partial charge is 0.342 e. The van der Waals surface area contributed by atoms with Crippen molar-refractivity contribution < 1.29 is 18.7 Å². The summed E-state index contributed by atoms with van der Waals surface area (Å²) in [6.45, 7) is 0. The zero-order chi connectivity index (χ0) is 15.3. The average molecular weight is 289 g/mol. The highest BCUT2D eigenvalue weighted by atomic mass is 19.1. The second kappa shape index (κ2) is 6.47. The lowest BCUT2D eigenvalue weighted by molar-refractivity contribution is -0.210. The first-order valence-corrected chi connectivity index (χ1v) is 6.35. The van der Waals surface area contributed by atoms with Gasteiger partial charge in [0.25, 0.3) is 11.7 Å². The molecule has 0 atom stereocenters. The van der Waals surface area contributed by atoms with Gasteiger partial charge in [-0.25, -0.2) is 4.39 Å². The molecule has 0 aliphatic heterocycles. The van der Waals surface area contributed by atoms with E-state index >= 15 is 0 Å². The van der Waals surface area contributed by atoms with E-state index in [1.165, 1.54) is 38.5 Å². The Labute approximate surface area is 122 Å². The van der Waals surface area contributed by atoms with E-state index < -0.39 is 17.5 Å². The van der Waals surface area contributed by atoms with Gasteiger partial charge >= 0.3 is 0 Å². The first kappa shape index (κ1) is 15.2. The van der Waals surface area contributed by atoms with Crippen molar-refractivity contribution in [1.29, 1.82) is 0 Å². The highest BCUT2D eigenvalue weighted by Crippen LogP contribution is 2.28. The number of carbonyl (C=O) groups excluding carboxylic acids is 1. The standard InChI is InChI=1S/C16H16FNO3/c1-20-16(21-2,12-8-10-13(17)11-9-12)15(19)18-14-6-4-3-5-7-14/h3-11H,1-2H3,(H,18,19). The van der Waals surface area contributed by atoms with E-state index in [-0.39, 0.29) is 0 Å². The second-order valence-electron chi connectivity index (χ2n) is 4.35. The summed E-state index contributed by atoms with van der Waals surface area (Å²) in [7, 11) is 2.72. The Morgan fingerprint density at radius 3 is 2.10 bits per heavy atom. The van der Waals surface area contributed by atoms with Gasteiger partial charge in [0.15, 0.2) is 0 Å². The number of rotatable bonds is 5. The van der Waals surface area contributed by atoms with Gasteiger partial charge in [-0.05, 0) is 24.3 Å². The lowest BCUT2D eigenvalue weighted by Gasteiger charge is -2.29. The van der Waals surface area contributed by atoms with Crippen molar-refractivity contribution >= 4 is 11.6 Å². The highest BCUT2D eigenvalue weighted by Gasteiger charge is 2.41. The van der Waals surface area contributed by atoms with E-state index in [2.05, 4.69) is 5.32 Å². The van der Waals surface area contributed by atoms with Gasteiger partial charge in [-0.1, -0.05) is 30.3 Å². The zero-order valence-corrected chi connectivity index (χ0v) is 11.8. The Morgan fingerprint density at radius 2 is 1.57 bits per heavy atom. The van der Waals surface area contributed by atoms with Gasteiger partial charge in [0.1, 0.15) is 5.82 Å². The van der Waals surface area contributed by atoms with Crippen LogP contribution >= 0.6 is 0 Å². The van der Waals surface area contributed by atoms with Gasteiger partial charge in [-0.15, -0.1) is 0 Å². The summed E-state index contributed by atoms with van der Waals surface area (Å²) in [6, 6.07) is 14.3. The molecule has 0 saturated carbocycles. The third-order valence-electron chi connectivity index (χ3n) is 3.13. The summed E-state index contributed by atoms with van der Waals surface area (Å²) in [5.41, 5.74) is 1.02. The molecule has 2 rings (SSSR count). The van der Waals surface area contributed by atoms with Crippen LogP contribution in [0.3, 0.4) is 0 Å². The first-order valence-electron chi connectivity index (χ1n) is 6.35. The molecule has 0 spiro atoms. The normalized spacial score (nSPS) is 11.2. The summed E-state index contributed by atoms with van der Waals surface area (Å²) in [5.74, 6) is -2.53. The molecular weight excluding hydrogens is 273 g/mol. The van der Waals surface area contributed by atoms with E-state index in [4.69, 9.17) is 9.47 Å². The lowest BCUT2D eigenvalue weighted by atomic mass is 10.0. The van der Waals surface area contributed by atoms with Crippen LogP contribution in [0.4, 0.5) is 10.1 Å². The molecular formula is C16H16FNO3. The Kier molecular flexibility index (Phi) is 4.67. The van der Waals surface area contributed by atoms with Crippen molar-refractivity contribution in [3.05, 3.63) is 66.0 Å². The van der Waals surface area contributed by atoms with Crippen LogP contribution in [-0.4, -0.2) is 20.1 Å². The van der Waals surface area contributed by atoms with Crippen molar-refractivity contribution in [2.75, 3.05) is 19.5 Å². The number of para-hydroxylation sites is 1. The predicted molar refractivity (Wildman–Crippen MR) is 77.2 cm³/mol. The molecule has 110 valence electrons. The topological polar surface area (TPSA) is 47.6 Å². The molecule has 5 heteroatoms. The first-order chi connectivity index (χ1) is 10.1. The van der Waals surface area contributed by atoms with Gasteiger partial charge in [0.2, 0.25) is 0 Å². The number of anilines is 1. The summed E-state index contributed by atoms with van der Waals surface area (Å²) in [5, 5.41) is 2.72. The van der Waals surface area contributed by atoms with Crippen molar-refractivity contribution in [2.24, 2.45) is 0 Å². The second-order valence-corrected chi connectivity index (χ2v) is 4.35. The van der Waals surface area contributed by atoms with Crippen molar-refractivity contribution in [3.63, 3.8) is 0 Å². The number of ether oxygens (including phenoxy) is 2. The average Bonchev–Trinajstić information content (AvgIpc) is 2.52. The SMILES string of the molecule is COC(OC)(C(=O)Nc1ccccc1)c1ccc(F)cc1. The van der Waals surface area contributed by atoms with Crippen LogP contribution in [-0.2, 0) is 20.1 Å². The molecule has 4 nitrogen and oxygen atoms in total. The van der Waals surface area contributed by atoms with E-state index in [1.807, 2.05) is 6.07 Å². The summed E-state index contributed by atoms with van der Waals surface area (Å²) < 4.78 is 23.6. The fourth-order valence-electron chi connectivity index (χ4n) is 2.04. The van der Waals surface area contributed by atoms with Gasteiger partial charge in [0.05, 0.1) is 0 Å². The molecule has 0 radical (unpaired) electrons. The number of benzene rings is 2. The van der Waals surface area contributed by atoms with Gasteiger partial charge in [0, 0.05) is 25.5 Å². The Bertz CT molecular complexity index is 595. The maximum Gasteiger partial charge on any atom is 0.289 e. The van der Waals surface area contributed by atoms with Crippen LogP contribution in [0.5, 0.6) is 0 Å². The third kappa shape index (κ3) is 3.09. The molecule has 2 aromatic rings. The predicted octanol–water partition coefficient (Wildman–Crippen LogP) is 2.91. The van der Waals surface area contributed by atoms with Crippen molar-refractivity contribution in [2.45, 2.75) is 5.79 Å². The zero-order valence-electron chi connectivity index (χ0n) is 11.8. The third-order valence-corrected chi connectivity index (χ3v) is 3.13. The molecule has 21 heavy (non-hydrogen) atoms. The quantitative estimate of drug-likeness (QED) is 0.861. The molecule has 0 aromatic heterocycles. The molecule has 2 aromatic carbocycles. The number of nitrogens with one attached hydrogen (secondary N) is 1. The minimum atomic E-state index is -1.64. The summed E-state index contributed by atoms with van der Waals surface area (Å²) >= 11 is 0. The van der Waals surface area contributed by atoms with Crippen LogP contribution in [0, 0.1) is 5.82 Å². The number of hydrogen-bond acceptors (Lipinski definition) is 3. The fourth-order valence-corrected chi connectivity index (χ4v) is 2.04. The molecule has 1 amide bonds. The van der Waals surface area contributed by atoms with Gasteiger partial charge < -0.3 is 14.8 Å². The summed E-state index contributed by atoms with van der Waals surface area (Å²) in [6.07, 6.45) is 0. The van der Waals surface area contributed by atoms with Crippen molar-refractivity contribution in [3.8, 4) is 0 Å². The maximum atomic E-state index is 13.0. The lowest BCUT2D eigenvalue weighted by Crippen LogP contribution is -2.43. The Balaban J connectivity index is 2.33. The van der Waals surface area contributed by atoms with Crippen molar-refractivity contribution in [1.82, 2.24) is 0 Å². The number of hydrogen-bond donors (Lipinski definition) is 1. The van der Waals surface area contributed by atoms with Crippen LogP contribution in [0.1, 0.15) is 5.56 Å². The molecule has 0 unspecified atom stereocenters. The Morgan fingerprint density at radius 1 is 1.00 bits per heavy atom. The molecule has 1 N–H and O–H groups in total. The minimum Gasteiger partial charge on any atom is -0.342 e. The maximum absolute atomic E-state index is 13.0. The molecule has 0 heterocycles. The molecule has 0 fully saturated rings. The number of methoxy groups -OCH3 is 2. The van der Waals surface area contributed by atoms with E-state index in [1.54, 1.807) is 24.3 Å². The molecule has 0 aliphatic carbocycles. The number of carbonyl (C=O) groups is 1. The minimum absolute atomic E-state index is 0.400. The number of amides is 1. The highest BCUT2D eigenvalue weighted by molar-refractivity contribution is 5.96. The van der Waals surface area contributed by atoms with Crippen LogP contribution in [0.15, 0.2) is 54.6 Å². The van der Waals surface area contributed by atoms with Crippen LogP contribution in [0.25, 0.3) is 0 Å². The van der Waals surface area contributed by atoms with E-state index in [0.717, 1.165) is 0 Å². The Hall–Kier alpha value is -2.24. The smallest absolute Gasteiger partial charge is 0.289 e. The van der Waals surface area contributed by atoms with E-state index in [0.29, 0.717) is 11.3 Å². The van der Waals surface area contributed by atoms with Gasteiger partial charge in [-0.3, -0.25) is 4.79 Å². The molecule has 0 saturated heterocycles. The van der Waals surface area contributed by atoms with Crippen LogP contribution in [0.2, 0.25) is 0 Å². The van der Waals surface area contributed by atoms with Gasteiger partial charge in [-0.2, -0.15) is 0 Å². The fraction of sp³-hybridized carbons (Fsp3) is 0.188. The van der Waals surface area contributed by atoms with E-state index in [9.17, 15) is 9.18 Å². The summed E-state index contributed by atoms with van der Waals surface area (Å²) in [4.78, 5) is 12.5. The monoisotopic (exact) mass is 289 g/mol. The molecule has 0 aliphatic rings.